The van der Waals surface area contributed by atoms with Gasteiger partial charge < -0.3 is 9.47 Å². The number of ether oxygens (including phenoxy) is 2. The molecular weight excluding hydrogens is 172 g/mol. The third-order valence-electron chi connectivity index (χ3n) is 1.16. The van der Waals surface area contributed by atoms with Gasteiger partial charge in [0.05, 0.1) is 0 Å². The first-order chi connectivity index (χ1) is 6.13. The molecule has 0 N–H and O–H groups in total. The number of esters is 2. The predicted molar refractivity (Wildman–Crippen MR) is 46.7 cm³/mol. The molecule has 0 amide bonds. The van der Waals surface area contributed by atoms with E-state index in [0.29, 0.717) is 6.42 Å². The van der Waals surface area contributed by atoms with E-state index in [1.165, 1.54) is 0 Å². The van der Waals surface area contributed by atoms with E-state index in [0.717, 1.165) is 12.2 Å². The molecule has 0 aliphatic rings. The topological polar surface area (TPSA) is 52.6 Å². The number of rotatable bonds is 5. The first-order valence-electron chi connectivity index (χ1n) is 3.80. The predicted octanol–water partition coefficient (Wildman–Crippen LogP) is 1.18. The third kappa shape index (κ3) is 4.79. The molecule has 0 unspecified atom stereocenters. The molecule has 0 spiro atoms. The van der Waals surface area contributed by atoms with Gasteiger partial charge in [-0.25, -0.2) is 9.59 Å². The van der Waals surface area contributed by atoms with Crippen LogP contribution in [0.25, 0.3) is 0 Å². The van der Waals surface area contributed by atoms with Crippen molar-refractivity contribution in [3.8, 4) is 0 Å². The molecule has 0 aromatic heterocycles. The lowest BCUT2D eigenvalue weighted by Crippen LogP contribution is -2.22. The highest BCUT2D eigenvalue weighted by Gasteiger charge is 2.13. The second-order valence-corrected chi connectivity index (χ2v) is 2.12. The van der Waals surface area contributed by atoms with Crippen LogP contribution in [-0.4, -0.2) is 18.2 Å². The molecule has 72 valence electrons. The van der Waals surface area contributed by atoms with Gasteiger partial charge in [-0.05, 0) is 0 Å². The fourth-order valence-electron chi connectivity index (χ4n) is 0.546. The molecule has 0 atom stereocenters. The summed E-state index contributed by atoms with van der Waals surface area (Å²) in [6, 6.07) is 0. The van der Waals surface area contributed by atoms with Crippen molar-refractivity contribution in [1.29, 1.82) is 0 Å². The van der Waals surface area contributed by atoms with Gasteiger partial charge in [-0.3, -0.25) is 0 Å². The summed E-state index contributed by atoms with van der Waals surface area (Å²) >= 11 is 0. The SMILES string of the molecule is C=CC(=O)OC(CC)OC(=O)C=C. The number of carbonyl (C=O) groups excluding carboxylic acids is 2. The van der Waals surface area contributed by atoms with Gasteiger partial charge in [0.1, 0.15) is 0 Å². The van der Waals surface area contributed by atoms with Gasteiger partial charge >= 0.3 is 11.9 Å². The molecule has 0 aromatic carbocycles. The minimum atomic E-state index is -0.865. The van der Waals surface area contributed by atoms with Crippen molar-refractivity contribution in [2.24, 2.45) is 0 Å². The third-order valence-corrected chi connectivity index (χ3v) is 1.16. The Labute approximate surface area is 76.8 Å². The van der Waals surface area contributed by atoms with Gasteiger partial charge in [-0.1, -0.05) is 20.1 Å². The van der Waals surface area contributed by atoms with Crippen molar-refractivity contribution in [3.63, 3.8) is 0 Å². The Morgan fingerprint density at radius 2 is 1.62 bits per heavy atom. The van der Waals surface area contributed by atoms with Crippen LogP contribution in [0.5, 0.6) is 0 Å². The van der Waals surface area contributed by atoms with Crippen LogP contribution in [0.3, 0.4) is 0 Å². The Bertz CT molecular complexity index is 198. The van der Waals surface area contributed by atoms with Crippen molar-refractivity contribution in [2.45, 2.75) is 19.6 Å². The fraction of sp³-hybridized carbons (Fsp3) is 0.333. The molecular formula is C9H12O4. The maximum Gasteiger partial charge on any atom is 0.333 e. The molecule has 0 aliphatic carbocycles. The fourth-order valence-corrected chi connectivity index (χ4v) is 0.546. The van der Waals surface area contributed by atoms with Gasteiger partial charge in [-0.15, -0.1) is 0 Å². The van der Waals surface area contributed by atoms with Crippen LogP contribution in [0.1, 0.15) is 13.3 Å². The van der Waals surface area contributed by atoms with Crippen LogP contribution < -0.4 is 0 Å². The summed E-state index contributed by atoms with van der Waals surface area (Å²) in [6.07, 6.45) is 1.53. The lowest BCUT2D eigenvalue weighted by atomic mass is 10.4. The summed E-state index contributed by atoms with van der Waals surface area (Å²) in [5.74, 6) is -1.24. The Balaban J connectivity index is 4.02. The van der Waals surface area contributed by atoms with Crippen LogP contribution >= 0.6 is 0 Å². The molecule has 0 fully saturated rings. The van der Waals surface area contributed by atoms with Crippen molar-refractivity contribution in [3.05, 3.63) is 25.3 Å². The van der Waals surface area contributed by atoms with E-state index in [-0.39, 0.29) is 0 Å². The second kappa shape index (κ2) is 5.99. The molecule has 0 heterocycles. The number of hydrogen-bond acceptors (Lipinski definition) is 4. The molecule has 0 rings (SSSR count). The molecule has 0 saturated carbocycles. The van der Waals surface area contributed by atoms with Gasteiger partial charge in [0.15, 0.2) is 0 Å². The van der Waals surface area contributed by atoms with Crippen LogP contribution in [0.15, 0.2) is 25.3 Å². The van der Waals surface area contributed by atoms with E-state index in [2.05, 4.69) is 22.6 Å². The highest BCUT2D eigenvalue weighted by Crippen LogP contribution is 2.01. The lowest BCUT2D eigenvalue weighted by Gasteiger charge is -2.14. The van der Waals surface area contributed by atoms with Crippen LogP contribution in [-0.2, 0) is 19.1 Å². The van der Waals surface area contributed by atoms with E-state index in [4.69, 9.17) is 0 Å². The Kier molecular flexibility index (Phi) is 5.27. The smallest absolute Gasteiger partial charge is 0.333 e. The first-order valence-corrected chi connectivity index (χ1v) is 3.80. The van der Waals surface area contributed by atoms with Crippen LogP contribution in [0.4, 0.5) is 0 Å². The largest absolute Gasteiger partial charge is 0.422 e. The number of hydrogen-bond donors (Lipinski definition) is 0. The highest BCUT2D eigenvalue weighted by molar-refractivity contribution is 5.82. The lowest BCUT2D eigenvalue weighted by molar-refractivity contribution is -0.181. The standard InChI is InChI=1S/C9H12O4/c1-4-7(10)12-9(6-3)13-8(11)5-2/h4-5,9H,1-2,6H2,3H3. The molecule has 4 nitrogen and oxygen atoms in total. The maximum absolute atomic E-state index is 10.7. The van der Waals surface area contributed by atoms with Gasteiger partial charge in [0.2, 0.25) is 6.29 Å². The monoisotopic (exact) mass is 184 g/mol. The summed E-state index contributed by atoms with van der Waals surface area (Å²) in [7, 11) is 0. The average molecular weight is 184 g/mol. The van der Waals surface area contributed by atoms with E-state index < -0.39 is 18.2 Å². The van der Waals surface area contributed by atoms with E-state index >= 15 is 0 Å². The summed E-state index contributed by atoms with van der Waals surface area (Å²) in [5, 5.41) is 0. The first kappa shape index (κ1) is 11.4. The second-order valence-electron chi connectivity index (χ2n) is 2.12. The number of carbonyl (C=O) groups is 2. The zero-order chi connectivity index (χ0) is 10.3. The van der Waals surface area contributed by atoms with Gasteiger partial charge in [-0.2, -0.15) is 0 Å². The summed E-state index contributed by atoms with van der Waals surface area (Å²) in [6.45, 7) is 8.14. The molecule has 0 radical (unpaired) electrons. The van der Waals surface area contributed by atoms with Crippen molar-refractivity contribution in [1.82, 2.24) is 0 Å². The van der Waals surface area contributed by atoms with E-state index in [1.807, 2.05) is 0 Å². The molecule has 0 aliphatic heterocycles. The Morgan fingerprint density at radius 1 is 1.23 bits per heavy atom. The maximum atomic E-state index is 10.7. The van der Waals surface area contributed by atoms with Crippen LogP contribution in [0, 0.1) is 0 Å². The Hall–Kier alpha value is -1.58. The zero-order valence-corrected chi connectivity index (χ0v) is 7.49. The van der Waals surface area contributed by atoms with Crippen molar-refractivity contribution < 1.29 is 19.1 Å². The van der Waals surface area contributed by atoms with Crippen molar-refractivity contribution in [2.75, 3.05) is 0 Å². The highest BCUT2D eigenvalue weighted by atomic mass is 16.7. The quantitative estimate of drug-likeness (QED) is 0.366. The van der Waals surface area contributed by atoms with E-state index in [9.17, 15) is 9.59 Å². The molecule has 13 heavy (non-hydrogen) atoms. The minimum Gasteiger partial charge on any atom is -0.422 e. The van der Waals surface area contributed by atoms with E-state index in [1.54, 1.807) is 6.92 Å². The summed E-state index contributed by atoms with van der Waals surface area (Å²) in [4.78, 5) is 21.4. The summed E-state index contributed by atoms with van der Waals surface area (Å²) < 4.78 is 9.35. The molecule has 0 saturated heterocycles. The van der Waals surface area contributed by atoms with Crippen LogP contribution in [0.2, 0.25) is 0 Å². The molecule has 4 heteroatoms. The molecule has 0 bridgehead atoms. The zero-order valence-electron chi connectivity index (χ0n) is 7.49. The van der Waals surface area contributed by atoms with Gasteiger partial charge in [0, 0.05) is 18.6 Å². The average Bonchev–Trinajstić information content (AvgIpc) is 2.16. The van der Waals surface area contributed by atoms with Crippen molar-refractivity contribution >= 4 is 11.9 Å². The normalized spacial score (nSPS) is 9.08. The van der Waals surface area contributed by atoms with Gasteiger partial charge in [0.25, 0.3) is 0 Å². The minimum absolute atomic E-state index is 0.388. The summed E-state index contributed by atoms with van der Waals surface area (Å²) in [5.41, 5.74) is 0. The Morgan fingerprint density at radius 3 is 1.85 bits per heavy atom. The molecule has 0 aromatic rings.